The predicted octanol–water partition coefficient (Wildman–Crippen LogP) is 1.19. The standard InChI is InChI=1S/C16H23N3O3.ClH/c1-19(13-6-9-18-10-7-13)15(20)8-11-22-14-4-2-12(3-5-14)16(17)21;/h2-5,13,18H,6-11H2,1H3,(H2,17,21);1H. The summed E-state index contributed by atoms with van der Waals surface area (Å²) in [6, 6.07) is 6.91. The Balaban J connectivity index is 0.00000264. The molecular formula is C16H24ClN3O3. The zero-order valence-electron chi connectivity index (χ0n) is 13.3. The summed E-state index contributed by atoms with van der Waals surface area (Å²) in [4.78, 5) is 24.9. The van der Waals surface area contributed by atoms with Gasteiger partial charge in [0.2, 0.25) is 11.8 Å². The van der Waals surface area contributed by atoms with Crippen molar-refractivity contribution in [1.82, 2.24) is 10.2 Å². The van der Waals surface area contributed by atoms with Crippen LogP contribution in [0.5, 0.6) is 5.75 Å². The van der Waals surface area contributed by atoms with E-state index < -0.39 is 5.91 Å². The topological polar surface area (TPSA) is 84.7 Å². The van der Waals surface area contributed by atoms with E-state index in [0.717, 1.165) is 25.9 Å². The Morgan fingerprint density at radius 2 is 1.87 bits per heavy atom. The Bertz CT molecular complexity index is 516. The van der Waals surface area contributed by atoms with Gasteiger partial charge in [0.15, 0.2) is 0 Å². The van der Waals surface area contributed by atoms with E-state index in [2.05, 4.69) is 5.32 Å². The minimum absolute atomic E-state index is 0. The lowest BCUT2D eigenvalue weighted by Gasteiger charge is -2.31. The van der Waals surface area contributed by atoms with Crippen molar-refractivity contribution < 1.29 is 14.3 Å². The van der Waals surface area contributed by atoms with Crippen LogP contribution >= 0.6 is 12.4 Å². The fourth-order valence-corrected chi connectivity index (χ4v) is 2.55. The van der Waals surface area contributed by atoms with Crippen molar-refractivity contribution in [2.45, 2.75) is 25.3 Å². The first-order chi connectivity index (χ1) is 10.6. The number of primary amides is 1. The van der Waals surface area contributed by atoms with Crippen LogP contribution in [0, 0.1) is 0 Å². The molecule has 6 nitrogen and oxygen atoms in total. The van der Waals surface area contributed by atoms with Crippen LogP contribution < -0.4 is 15.8 Å². The summed E-state index contributed by atoms with van der Waals surface area (Å²) >= 11 is 0. The van der Waals surface area contributed by atoms with E-state index in [4.69, 9.17) is 10.5 Å². The van der Waals surface area contributed by atoms with Crippen LogP contribution in [0.3, 0.4) is 0 Å². The van der Waals surface area contributed by atoms with Gasteiger partial charge in [0.25, 0.3) is 0 Å². The zero-order valence-corrected chi connectivity index (χ0v) is 14.1. The highest BCUT2D eigenvalue weighted by Gasteiger charge is 2.21. The third-order valence-electron chi connectivity index (χ3n) is 3.97. The highest BCUT2D eigenvalue weighted by Crippen LogP contribution is 2.14. The first kappa shape index (κ1) is 19.3. The van der Waals surface area contributed by atoms with Gasteiger partial charge in [-0.2, -0.15) is 0 Å². The number of ether oxygens (including phenoxy) is 1. The van der Waals surface area contributed by atoms with E-state index in [0.29, 0.717) is 30.4 Å². The zero-order chi connectivity index (χ0) is 15.9. The summed E-state index contributed by atoms with van der Waals surface area (Å²) in [6.07, 6.45) is 2.34. The average molecular weight is 342 g/mol. The fourth-order valence-electron chi connectivity index (χ4n) is 2.55. The number of nitrogens with two attached hydrogens (primary N) is 1. The van der Waals surface area contributed by atoms with Crippen molar-refractivity contribution in [3.8, 4) is 5.75 Å². The summed E-state index contributed by atoms with van der Waals surface area (Å²) in [5, 5.41) is 3.29. The summed E-state index contributed by atoms with van der Waals surface area (Å²) in [7, 11) is 1.86. The molecule has 1 fully saturated rings. The van der Waals surface area contributed by atoms with Crippen LogP contribution in [0.4, 0.5) is 0 Å². The lowest BCUT2D eigenvalue weighted by atomic mass is 10.1. The van der Waals surface area contributed by atoms with Crippen LogP contribution in [0.15, 0.2) is 24.3 Å². The smallest absolute Gasteiger partial charge is 0.248 e. The quantitative estimate of drug-likeness (QED) is 0.814. The Hall–Kier alpha value is -1.79. The van der Waals surface area contributed by atoms with E-state index in [1.54, 1.807) is 24.3 Å². The number of halogens is 1. The second kappa shape index (κ2) is 9.37. The number of benzene rings is 1. The first-order valence-electron chi connectivity index (χ1n) is 7.57. The molecule has 23 heavy (non-hydrogen) atoms. The molecule has 0 aliphatic carbocycles. The Kier molecular flexibility index (Phi) is 7.85. The van der Waals surface area contributed by atoms with E-state index in [-0.39, 0.29) is 18.3 Å². The van der Waals surface area contributed by atoms with Gasteiger partial charge in [-0.25, -0.2) is 0 Å². The molecule has 1 aromatic rings. The number of rotatable bonds is 6. The lowest BCUT2D eigenvalue weighted by Crippen LogP contribution is -2.44. The van der Waals surface area contributed by atoms with Gasteiger partial charge in [0.05, 0.1) is 13.0 Å². The van der Waals surface area contributed by atoms with Gasteiger partial charge in [0.1, 0.15) is 5.75 Å². The van der Waals surface area contributed by atoms with E-state index >= 15 is 0 Å². The predicted molar refractivity (Wildman–Crippen MR) is 91.0 cm³/mol. The van der Waals surface area contributed by atoms with E-state index in [1.807, 2.05) is 11.9 Å². The maximum Gasteiger partial charge on any atom is 0.248 e. The number of hydrogen-bond acceptors (Lipinski definition) is 4. The minimum atomic E-state index is -0.467. The van der Waals surface area contributed by atoms with Crippen molar-refractivity contribution in [3.05, 3.63) is 29.8 Å². The number of piperidine rings is 1. The van der Waals surface area contributed by atoms with Crippen molar-refractivity contribution in [1.29, 1.82) is 0 Å². The summed E-state index contributed by atoms with van der Waals surface area (Å²) in [5.41, 5.74) is 5.61. The van der Waals surface area contributed by atoms with E-state index in [9.17, 15) is 9.59 Å². The molecule has 1 saturated heterocycles. The van der Waals surface area contributed by atoms with Crippen molar-refractivity contribution in [2.24, 2.45) is 5.73 Å². The molecule has 2 amide bonds. The van der Waals surface area contributed by atoms with Crippen molar-refractivity contribution in [3.63, 3.8) is 0 Å². The average Bonchev–Trinajstić information content (AvgIpc) is 2.55. The van der Waals surface area contributed by atoms with Crippen LogP contribution in [-0.2, 0) is 4.79 Å². The number of nitrogens with one attached hydrogen (secondary N) is 1. The van der Waals surface area contributed by atoms with Gasteiger partial charge < -0.3 is 20.7 Å². The molecular weight excluding hydrogens is 318 g/mol. The Morgan fingerprint density at radius 1 is 1.26 bits per heavy atom. The summed E-state index contributed by atoms with van der Waals surface area (Å²) < 4.78 is 5.54. The molecule has 0 aromatic heterocycles. The van der Waals surface area contributed by atoms with Crippen LogP contribution in [0.2, 0.25) is 0 Å². The minimum Gasteiger partial charge on any atom is -0.493 e. The van der Waals surface area contributed by atoms with Crippen LogP contribution in [0.1, 0.15) is 29.6 Å². The molecule has 2 rings (SSSR count). The molecule has 0 unspecified atom stereocenters. The number of amides is 2. The Morgan fingerprint density at radius 3 is 2.43 bits per heavy atom. The number of hydrogen-bond donors (Lipinski definition) is 2. The van der Waals surface area contributed by atoms with Crippen molar-refractivity contribution in [2.75, 3.05) is 26.7 Å². The van der Waals surface area contributed by atoms with Gasteiger partial charge in [-0.3, -0.25) is 9.59 Å². The third kappa shape index (κ3) is 5.73. The Labute approximate surface area is 142 Å². The monoisotopic (exact) mass is 341 g/mol. The van der Waals surface area contributed by atoms with Gasteiger partial charge in [-0.1, -0.05) is 0 Å². The fraction of sp³-hybridized carbons (Fsp3) is 0.500. The number of nitrogens with zero attached hydrogens (tertiary/aromatic N) is 1. The van der Waals surface area contributed by atoms with Gasteiger partial charge in [-0.05, 0) is 50.2 Å². The van der Waals surface area contributed by atoms with Crippen molar-refractivity contribution >= 4 is 24.2 Å². The van der Waals surface area contributed by atoms with Gasteiger partial charge in [0, 0.05) is 18.7 Å². The molecule has 0 bridgehead atoms. The molecule has 128 valence electrons. The number of carbonyl (C=O) groups excluding carboxylic acids is 2. The maximum atomic E-state index is 12.1. The molecule has 3 N–H and O–H groups in total. The number of carbonyl (C=O) groups is 2. The second-order valence-corrected chi connectivity index (χ2v) is 5.47. The molecule has 1 heterocycles. The maximum absolute atomic E-state index is 12.1. The molecule has 0 atom stereocenters. The van der Waals surface area contributed by atoms with Gasteiger partial charge in [-0.15, -0.1) is 12.4 Å². The molecule has 1 aliphatic heterocycles. The summed E-state index contributed by atoms with van der Waals surface area (Å²) in [6.45, 7) is 2.25. The SMILES string of the molecule is CN(C(=O)CCOc1ccc(C(N)=O)cc1)C1CCNCC1.Cl. The van der Waals surface area contributed by atoms with E-state index in [1.165, 1.54) is 0 Å². The highest BCUT2D eigenvalue weighted by molar-refractivity contribution is 5.92. The molecule has 1 aliphatic rings. The summed E-state index contributed by atoms with van der Waals surface area (Å²) in [5.74, 6) is 0.258. The second-order valence-electron chi connectivity index (χ2n) is 5.47. The molecule has 0 saturated carbocycles. The van der Waals surface area contributed by atoms with Crippen LogP contribution in [0.25, 0.3) is 0 Å². The highest BCUT2D eigenvalue weighted by atomic mass is 35.5. The van der Waals surface area contributed by atoms with Crippen LogP contribution in [-0.4, -0.2) is 49.5 Å². The third-order valence-corrected chi connectivity index (χ3v) is 3.97. The molecule has 0 spiro atoms. The first-order valence-corrected chi connectivity index (χ1v) is 7.57. The lowest BCUT2D eigenvalue weighted by molar-refractivity contribution is -0.132. The molecule has 7 heteroatoms. The normalized spacial score (nSPS) is 14.7. The molecule has 0 radical (unpaired) electrons. The van der Waals surface area contributed by atoms with Gasteiger partial charge >= 0.3 is 0 Å². The molecule has 1 aromatic carbocycles. The largest absolute Gasteiger partial charge is 0.493 e.